The Kier molecular flexibility index (Phi) is 4.35. The van der Waals surface area contributed by atoms with Gasteiger partial charge < -0.3 is 9.73 Å². The topological polar surface area (TPSA) is 76.7 Å². The van der Waals surface area contributed by atoms with Crippen molar-refractivity contribution in [1.29, 1.82) is 0 Å². The van der Waals surface area contributed by atoms with Gasteiger partial charge in [-0.3, -0.25) is 4.98 Å². The Morgan fingerprint density at radius 2 is 1.91 bits per heavy atom. The Bertz CT molecular complexity index is 807. The SMILES string of the molecule is C[Si](C)(C)c1cnc(C=Cc2cnc(Nc3cnccn3)s2)o1. The summed E-state index contributed by atoms with van der Waals surface area (Å²) in [5.41, 5.74) is 0. The van der Waals surface area contributed by atoms with Gasteiger partial charge in [-0.15, -0.1) is 0 Å². The highest BCUT2D eigenvalue weighted by molar-refractivity contribution is 7.16. The summed E-state index contributed by atoms with van der Waals surface area (Å²) >= 11 is 1.52. The Morgan fingerprint density at radius 3 is 2.61 bits per heavy atom. The van der Waals surface area contributed by atoms with Gasteiger partial charge in [-0.05, 0) is 6.08 Å². The normalized spacial score (nSPS) is 12.0. The lowest BCUT2D eigenvalue weighted by atomic mass is 10.4. The Labute approximate surface area is 139 Å². The van der Waals surface area contributed by atoms with E-state index < -0.39 is 8.07 Å². The maximum atomic E-state index is 5.79. The summed E-state index contributed by atoms with van der Waals surface area (Å²) in [6.45, 7) is 6.69. The molecular weight excluding hydrogens is 326 g/mol. The lowest BCUT2D eigenvalue weighted by Gasteiger charge is -2.09. The molecular formula is C15H17N5OSSi. The van der Waals surface area contributed by atoms with Gasteiger partial charge in [0.15, 0.2) is 10.9 Å². The molecule has 3 rings (SSSR count). The molecule has 3 heterocycles. The van der Waals surface area contributed by atoms with Gasteiger partial charge in [0.25, 0.3) is 0 Å². The minimum atomic E-state index is -1.46. The first-order chi connectivity index (χ1) is 11.0. The van der Waals surface area contributed by atoms with E-state index in [9.17, 15) is 0 Å². The summed E-state index contributed by atoms with van der Waals surface area (Å²) < 4.78 is 5.79. The van der Waals surface area contributed by atoms with Crippen molar-refractivity contribution in [1.82, 2.24) is 19.9 Å². The fourth-order valence-electron chi connectivity index (χ4n) is 1.76. The Balaban J connectivity index is 1.68. The molecule has 0 radical (unpaired) electrons. The zero-order chi connectivity index (χ0) is 16.3. The van der Waals surface area contributed by atoms with Crippen LogP contribution >= 0.6 is 11.3 Å². The number of thiazole rings is 1. The average molecular weight is 343 g/mol. The highest BCUT2D eigenvalue weighted by atomic mass is 32.1. The van der Waals surface area contributed by atoms with Crippen LogP contribution in [0.25, 0.3) is 12.2 Å². The van der Waals surface area contributed by atoms with E-state index in [0.29, 0.717) is 11.7 Å². The molecule has 118 valence electrons. The molecule has 0 bridgehead atoms. The third-order valence-electron chi connectivity index (χ3n) is 2.97. The molecule has 23 heavy (non-hydrogen) atoms. The minimum Gasteiger partial charge on any atom is -0.447 e. The number of anilines is 2. The second-order valence-corrected chi connectivity index (χ2v) is 12.0. The molecule has 0 atom stereocenters. The van der Waals surface area contributed by atoms with Crippen LogP contribution in [-0.4, -0.2) is 28.0 Å². The molecule has 3 aromatic rings. The van der Waals surface area contributed by atoms with Crippen LogP contribution in [0.15, 0.2) is 35.4 Å². The second-order valence-electron chi connectivity index (χ2n) is 5.93. The highest BCUT2D eigenvalue weighted by Crippen LogP contribution is 2.22. The quantitative estimate of drug-likeness (QED) is 0.716. The second kappa shape index (κ2) is 6.43. The van der Waals surface area contributed by atoms with Crippen molar-refractivity contribution in [3.8, 4) is 0 Å². The lowest BCUT2D eigenvalue weighted by molar-refractivity contribution is 0.574. The summed E-state index contributed by atoms with van der Waals surface area (Å²) in [7, 11) is -1.46. The van der Waals surface area contributed by atoms with Crippen LogP contribution in [0.1, 0.15) is 10.8 Å². The predicted octanol–water partition coefficient (Wildman–Crippen LogP) is 3.38. The third-order valence-corrected chi connectivity index (χ3v) is 5.56. The van der Waals surface area contributed by atoms with Gasteiger partial charge in [0, 0.05) is 29.5 Å². The number of oxazole rings is 1. The fourth-order valence-corrected chi connectivity index (χ4v) is 3.35. The van der Waals surface area contributed by atoms with Crippen molar-refractivity contribution in [3.05, 3.63) is 41.8 Å². The van der Waals surface area contributed by atoms with E-state index in [2.05, 4.69) is 44.9 Å². The van der Waals surface area contributed by atoms with Crippen molar-refractivity contribution in [2.75, 3.05) is 5.32 Å². The van der Waals surface area contributed by atoms with E-state index in [0.717, 1.165) is 15.4 Å². The molecule has 0 aliphatic carbocycles. The van der Waals surface area contributed by atoms with E-state index in [1.807, 2.05) is 18.3 Å². The van der Waals surface area contributed by atoms with Crippen molar-refractivity contribution in [2.24, 2.45) is 0 Å². The molecule has 0 aliphatic heterocycles. The summed E-state index contributed by atoms with van der Waals surface area (Å²) in [6, 6.07) is 0. The largest absolute Gasteiger partial charge is 0.447 e. The van der Waals surface area contributed by atoms with Crippen molar-refractivity contribution < 1.29 is 4.42 Å². The number of rotatable bonds is 5. The van der Waals surface area contributed by atoms with Crippen LogP contribution in [0.5, 0.6) is 0 Å². The van der Waals surface area contributed by atoms with Crippen molar-refractivity contribution in [3.63, 3.8) is 0 Å². The highest BCUT2D eigenvalue weighted by Gasteiger charge is 2.21. The van der Waals surface area contributed by atoms with Crippen LogP contribution in [0.2, 0.25) is 19.6 Å². The Morgan fingerprint density at radius 1 is 1.04 bits per heavy atom. The first-order valence-electron chi connectivity index (χ1n) is 7.14. The molecule has 0 saturated carbocycles. The lowest BCUT2D eigenvalue weighted by Crippen LogP contribution is -2.36. The van der Waals surface area contributed by atoms with Crippen LogP contribution in [0.3, 0.4) is 0 Å². The van der Waals surface area contributed by atoms with Crippen LogP contribution in [-0.2, 0) is 0 Å². The summed E-state index contributed by atoms with van der Waals surface area (Å²) in [4.78, 5) is 17.8. The zero-order valence-corrected chi connectivity index (χ0v) is 15.0. The monoisotopic (exact) mass is 343 g/mol. The molecule has 0 saturated heterocycles. The van der Waals surface area contributed by atoms with E-state index >= 15 is 0 Å². The summed E-state index contributed by atoms with van der Waals surface area (Å²) in [5.74, 6) is 1.30. The molecule has 0 amide bonds. The predicted molar refractivity (Wildman–Crippen MR) is 95.8 cm³/mol. The van der Waals surface area contributed by atoms with E-state index in [1.165, 1.54) is 11.3 Å². The molecule has 0 fully saturated rings. The van der Waals surface area contributed by atoms with Gasteiger partial charge in [0.1, 0.15) is 13.5 Å². The third kappa shape index (κ3) is 4.11. The van der Waals surface area contributed by atoms with E-state index in [-0.39, 0.29) is 0 Å². The average Bonchev–Trinajstić information content (AvgIpc) is 3.15. The maximum Gasteiger partial charge on any atom is 0.218 e. The summed E-state index contributed by atoms with van der Waals surface area (Å²) in [5, 5.41) is 4.88. The fraction of sp³-hybridized carbons (Fsp3) is 0.200. The van der Waals surface area contributed by atoms with Gasteiger partial charge in [-0.1, -0.05) is 31.0 Å². The molecule has 0 unspecified atom stereocenters. The van der Waals surface area contributed by atoms with Crippen LogP contribution < -0.4 is 10.7 Å². The van der Waals surface area contributed by atoms with Crippen molar-refractivity contribution >= 4 is 47.9 Å². The number of aromatic nitrogens is 4. The number of nitrogens with one attached hydrogen (secondary N) is 1. The van der Waals surface area contributed by atoms with E-state index in [1.54, 1.807) is 24.8 Å². The van der Waals surface area contributed by atoms with Gasteiger partial charge in [-0.2, -0.15) is 0 Å². The number of hydrogen-bond acceptors (Lipinski definition) is 7. The molecule has 0 spiro atoms. The Hall–Kier alpha value is -2.32. The summed E-state index contributed by atoms with van der Waals surface area (Å²) in [6.07, 6.45) is 12.4. The molecule has 8 heteroatoms. The van der Waals surface area contributed by atoms with E-state index in [4.69, 9.17) is 4.42 Å². The van der Waals surface area contributed by atoms with Gasteiger partial charge in [-0.25, -0.2) is 15.0 Å². The molecule has 0 aliphatic rings. The van der Waals surface area contributed by atoms with Crippen LogP contribution in [0.4, 0.5) is 10.9 Å². The standard InChI is InChI=1S/C15H17N5OSSi/c1-23(2,3)14-10-18-13(21-14)5-4-11-8-19-15(22-11)20-12-9-16-6-7-17-12/h4-10H,1-3H3,(H,17,19,20). The number of nitrogens with zero attached hydrogens (tertiary/aromatic N) is 4. The molecule has 3 aromatic heterocycles. The van der Waals surface area contributed by atoms with Crippen molar-refractivity contribution in [2.45, 2.75) is 19.6 Å². The first kappa shape index (κ1) is 15.6. The number of hydrogen-bond donors (Lipinski definition) is 1. The first-order valence-corrected chi connectivity index (χ1v) is 11.5. The zero-order valence-electron chi connectivity index (χ0n) is 13.1. The molecule has 1 N–H and O–H groups in total. The maximum absolute atomic E-state index is 5.79. The molecule has 6 nitrogen and oxygen atoms in total. The van der Waals surface area contributed by atoms with Gasteiger partial charge >= 0.3 is 0 Å². The van der Waals surface area contributed by atoms with Crippen LogP contribution in [0, 0.1) is 0 Å². The molecule has 0 aromatic carbocycles. The van der Waals surface area contributed by atoms with Gasteiger partial charge in [0.2, 0.25) is 5.89 Å². The van der Waals surface area contributed by atoms with Gasteiger partial charge in [0.05, 0.1) is 12.4 Å². The minimum absolute atomic E-state index is 0.624. The smallest absolute Gasteiger partial charge is 0.218 e.